The van der Waals surface area contributed by atoms with Crippen molar-refractivity contribution in [1.82, 2.24) is 15.5 Å². The van der Waals surface area contributed by atoms with Crippen LogP contribution < -0.4 is 19.5 Å². The van der Waals surface area contributed by atoms with E-state index < -0.39 is 0 Å². The van der Waals surface area contributed by atoms with Crippen LogP contribution in [0.1, 0.15) is 32.6 Å². The van der Waals surface area contributed by atoms with Gasteiger partial charge in [0.2, 0.25) is 17.5 Å². The molecular formula is C20H27N3O5S. The minimum atomic E-state index is -0.0127. The Balaban J connectivity index is 1.64. The van der Waals surface area contributed by atoms with Crippen LogP contribution in [0.15, 0.2) is 21.8 Å². The molecule has 1 saturated carbocycles. The fourth-order valence-corrected chi connectivity index (χ4v) is 4.07. The highest BCUT2D eigenvalue weighted by molar-refractivity contribution is 7.99. The molecule has 2 atom stereocenters. The van der Waals surface area contributed by atoms with E-state index >= 15 is 0 Å². The third-order valence-corrected chi connectivity index (χ3v) is 5.92. The highest BCUT2D eigenvalue weighted by Gasteiger charge is 2.23. The summed E-state index contributed by atoms with van der Waals surface area (Å²) in [6.07, 6.45) is 4.63. The maximum absolute atomic E-state index is 12.3. The second kappa shape index (κ2) is 9.87. The van der Waals surface area contributed by atoms with Crippen LogP contribution in [0.3, 0.4) is 0 Å². The predicted molar refractivity (Wildman–Crippen MR) is 110 cm³/mol. The second-order valence-corrected chi connectivity index (χ2v) is 7.94. The van der Waals surface area contributed by atoms with Crippen molar-refractivity contribution >= 4 is 17.7 Å². The van der Waals surface area contributed by atoms with E-state index in [1.54, 1.807) is 33.5 Å². The van der Waals surface area contributed by atoms with Gasteiger partial charge >= 0.3 is 0 Å². The van der Waals surface area contributed by atoms with Crippen molar-refractivity contribution in [3.8, 4) is 28.7 Å². The zero-order chi connectivity index (χ0) is 20.8. The Morgan fingerprint density at radius 1 is 1.14 bits per heavy atom. The van der Waals surface area contributed by atoms with Gasteiger partial charge in [0.25, 0.3) is 5.22 Å². The number of hydrogen-bond acceptors (Lipinski definition) is 8. The van der Waals surface area contributed by atoms with Gasteiger partial charge in [-0.25, -0.2) is 0 Å². The molecule has 2 aromatic rings. The molecule has 8 nitrogen and oxygen atoms in total. The molecule has 0 aliphatic heterocycles. The van der Waals surface area contributed by atoms with Crippen LogP contribution in [0.25, 0.3) is 11.5 Å². The topological polar surface area (TPSA) is 95.7 Å². The van der Waals surface area contributed by atoms with Crippen LogP contribution in [-0.2, 0) is 4.79 Å². The van der Waals surface area contributed by atoms with Gasteiger partial charge in [-0.1, -0.05) is 31.5 Å². The molecule has 0 bridgehead atoms. The van der Waals surface area contributed by atoms with Crippen LogP contribution in [0.2, 0.25) is 0 Å². The van der Waals surface area contributed by atoms with Crippen LogP contribution in [0.5, 0.6) is 17.2 Å². The van der Waals surface area contributed by atoms with Crippen LogP contribution in [0.4, 0.5) is 0 Å². The summed E-state index contributed by atoms with van der Waals surface area (Å²) in [5, 5.41) is 11.6. The van der Waals surface area contributed by atoms with E-state index in [1.807, 2.05) is 0 Å². The van der Waals surface area contributed by atoms with E-state index in [2.05, 4.69) is 22.4 Å². The fraction of sp³-hybridized carbons (Fsp3) is 0.550. The summed E-state index contributed by atoms with van der Waals surface area (Å²) < 4.78 is 21.7. The molecule has 0 saturated heterocycles. The van der Waals surface area contributed by atoms with Crippen molar-refractivity contribution in [3.05, 3.63) is 12.1 Å². The van der Waals surface area contributed by atoms with Gasteiger partial charge in [-0.3, -0.25) is 4.79 Å². The van der Waals surface area contributed by atoms with Gasteiger partial charge in [0.1, 0.15) is 0 Å². The quantitative estimate of drug-likeness (QED) is 0.647. The second-order valence-electron chi connectivity index (χ2n) is 7.01. The minimum absolute atomic E-state index is 0.0127. The Bertz CT molecular complexity index is 816. The summed E-state index contributed by atoms with van der Waals surface area (Å²) in [6.45, 7) is 2.19. The number of nitrogens with one attached hydrogen (secondary N) is 1. The largest absolute Gasteiger partial charge is 0.493 e. The van der Waals surface area contributed by atoms with Crippen molar-refractivity contribution < 1.29 is 23.4 Å². The third kappa shape index (κ3) is 5.14. The highest BCUT2D eigenvalue weighted by Crippen LogP contribution is 2.41. The standard InChI is InChI=1S/C20H27N3O5S/c1-12-7-5-6-8-14(12)21-17(24)11-29-20-23-22-19(28-20)13-9-15(25-2)18(27-4)16(10-13)26-3/h9-10,12,14H,5-8,11H2,1-4H3,(H,21,24)/t12-,14+/m0/s1. The number of carbonyl (C=O) groups is 1. The molecule has 1 fully saturated rings. The molecule has 1 aliphatic rings. The molecule has 9 heteroatoms. The molecule has 3 rings (SSSR count). The van der Waals surface area contributed by atoms with Gasteiger partial charge in [0, 0.05) is 11.6 Å². The molecule has 1 N–H and O–H groups in total. The van der Waals surface area contributed by atoms with E-state index in [-0.39, 0.29) is 17.7 Å². The first-order valence-electron chi connectivity index (χ1n) is 9.61. The zero-order valence-corrected chi connectivity index (χ0v) is 18.0. The lowest BCUT2D eigenvalue weighted by molar-refractivity contribution is -0.119. The summed E-state index contributed by atoms with van der Waals surface area (Å²) in [7, 11) is 4.63. The Hall–Kier alpha value is -2.42. The van der Waals surface area contributed by atoms with E-state index in [0.29, 0.717) is 39.8 Å². The first-order chi connectivity index (χ1) is 14.0. The normalized spacial score (nSPS) is 18.9. The van der Waals surface area contributed by atoms with Crippen molar-refractivity contribution in [1.29, 1.82) is 0 Å². The summed E-state index contributed by atoms with van der Waals surface area (Å²) in [4.78, 5) is 12.3. The molecular weight excluding hydrogens is 394 g/mol. The maximum Gasteiger partial charge on any atom is 0.277 e. The Labute approximate surface area is 174 Å². The van der Waals surface area contributed by atoms with Crippen LogP contribution in [0, 0.1) is 5.92 Å². The Kier molecular flexibility index (Phi) is 7.24. The average Bonchev–Trinajstić information content (AvgIpc) is 3.22. The van der Waals surface area contributed by atoms with Crippen molar-refractivity contribution in [3.63, 3.8) is 0 Å². The lowest BCUT2D eigenvalue weighted by Gasteiger charge is -2.29. The molecule has 0 radical (unpaired) electrons. The fourth-order valence-electron chi connectivity index (χ4n) is 3.50. The average molecular weight is 422 g/mol. The maximum atomic E-state index is 12.3. The highest BCUT2D eigenvalue weighted by atomic mass is 32.2. The monoisotopic (exact) mass is 421 g/mol. The Morgan fingerprint density at radius 2 is 1.83 bits per heavy atom. The smallest absolute Gasteiger partial charge is 0.277 e. The summed E-state index contributed by atoms with van der Waals surface area (Å²) in [5.41, 5.74) is 0.638. The van der Waals surface area contributed by atoms with Gasteiger partial charge in [-0.15, -0.1) is 10.2 Å². The molecule has 158 valence electrons. The number of ether oxygens (including phenoxy) is 3. The van der Waals surface area contributed by atoms with Gasteiger partial charge < -0.3 is 23.9 Å². The number of rotatable bonds is 8. The summed E-state index contributed by atoms with van der Waals surface area (Å²) >= 11 is 1.22. The number of thioether (sulfide) groups is 1. The third-order valence-electron chi connectivity index (χ3n) is 5.10. The molecule has 29 heavy (non-hydrogen) atoms. The zero-order valence-electron chi connectivity index (χ0n) is 17.2. The SMILES string of the molecule is COc1cc(-c2nnc(SCC(=O)N[C@@H]3CCCC[C@@H]3C)o2)cc(OC)c1OC. The van der Waals surface area contributed by atoms with Gasteiger partial charge in [0.15, 0.2) is 11.5 Å². The van der Waals surface area contributed by atoms with E-state index in [0.717, 1.165) is 6.42 Å². The molecule has 1 aromatic heterocycles. The molecule has 0 unspecified atom stereocenters. The molecule has 1 aromatic carbocycles. The molecule has 1 heterocycles. The lowest BCUT2D eigenvalue weighted by Crippen LogP contribution is -2.41. The summed E-state index contributed by atoms with van der Waals surface area (Å²) in [6, 6.07) is 3.73. The van der Waals surface area contributed by atoms with Crippen LogP contribution in [-0.4, -0.2) is 49.2 Å². The van der Waals surface area contributed by atoms with Crippen molar-refractivity contribution in [2.45, 2.75) is 43.9 Å². The number of amides is 1. The van der Waals surface area contributed by atoms with E-state index in [1.165, 1.54) is 31.0 Å². The van der Waals surface area contributed by atoms with Gasteiger partial charge in [-0.2, -0.15) is 0 Å². The van der Waals surface area contributed by atoms with Crippen molar-refractivity contribution in [2.24, 2.45) is 5.92 Å². The van der Waals surface area contributed by atoms with Gasteiger partial charge in [0.05, 0.1) is 27.1 Å². The number of methoxy groups -OCH3 is 3. The molecule has 1 aliphatic carbocycles. The summed E-state index contributed by atoms with van der Waals surface area (Å²) in [5.74, 6) is 2.54. The minimum Gasteiger partial charge on any atom is -0.493 e. The number of carbonyl (C=O) groups excluding carboxylic acids is 1. The predicted octanol–water partition coefficient (Wildman–Crippen LogP) is 3.55. The Morgan fingerprint density at radius 3 is 2.45 bits per heavy atom. The molecule has 0 spiro atoms. The first-order valence-corrected chi connectivity index (χ1v) is 10.6. The number of aromatic nitrogens is 2. The van der Waals surface area contributed by atoms with E-state index in [9.17, 15) is 4.79 Å². The number of nitrogens with zero attached hydrogens (tertiary/aromatic N) is 2. The lowest BCUT2D eigenvalue weighted by atomic mass is 9.86. The van der Waals surface area contributed by atoms with E-state index in [4.69, 9.17) is 18.6 Å². The van der Waals surface area contributed by atoms with Gasteiger partial charge in [-0.05, 0) is 30.9 Å². The first kappa shape index (κ1) is 21.3. The number of benzene rings is 1. The molecule has 1 amide bonds. The van der Waals surface area contributed by atoms with Crippen LogP contribution >= 0.6 is 11.8 Å². The number of hydrogen-bond donors (Lipinski definition) is 1. The van der Waals surface area contributed by atoms with Crippen molar-refractivity contribution in [2.75, 3.05) is 27.1 Å².